The molecule has 142 valence electrons. The number of hydrogen-bond acceptors (Lipinski definition) is 5. The van der Waals surface area contributed by atoms with E-state index >= 15 is 0 Å². The highest BCUT2D eigenvalue weighted by molar-refractivity contribution is 8.13. The molecule has 4 rings (SSSR count). The van der Waals surface area contributed by atoms with Crippen LogP contribution < -0.4 is 4.90 Å². The van der Waals surface area contributed by atoms with Crippen molar-refractivity contribution in [3.8, 4) is 0 Å². The number of halogens is 3. The summed E-state index contributed by atoms with van der Waals surface area (Å²) in [5.41, 5.74) is 1.22. The maximum atomic E-state index is 14.4. The van der Waals surface area contributed by atoms with Gasteiger partial charge in [-0.25, -0.2) is 12.8 Å². The van der Waals surface area contributed by atoms with Crippen molar-refractivity contribution in [1.29, 1.82) is 0 Å². The van der Waals surface area contributed by atoms with Crippen molar-refractivity contribution in [1.82, 2.24) is 0 Å². The Morgan fingerprint density at radius 3 is 2.70 bits per heavy atom. The molecule has 0 N–H and O–H groups in total. The molecule has 4 nitrogen and oxygen atoms in total. The van der Waals surface area contributed by atoms with Crippen LogP contribution in [0.1, 0.15) is 5.56 Å². The Labute approximate surface area is 171 Å². The van der Waals surface area contributed by atoms with E-state index in [0.717, 1.165) is 5.56 Å². The summed E-state index contributed by atoms with van der Waals surface area (Å²) < 4.78 is 38.5. The first-order chi connectivity index (χ1) is 12.8. The fourth-order valence-corrected chi connectivity index (χ4v) is 6.86. The van der Waals surface area contributed by atoms with Crippen LogP contribution in [0.2, 0.25) is 10.0 Å². The van der Waals surface area contributed by atoms with Gasteiger partial charge in [-0.3, -0.25) is 4.99 Å². The van der Waals surface area contributed by atoms with Crippen molar-refractivity contribution in [2.24, 2.45) is 4.99 Å². The Bertz CT molecular complexity index is 1030. The lowest BCUT2D eigenvalue weighted by Crippen LogP contribution is -2.39. The number of nitrogens with zero attached hydrogens (tertiary/aromatic N) is 2. The Kier molecular flexibility index (Phi) is 5.14. The van der Waals surface area contributed by atoms with Crippen molar-refractivity contribution < 1.29 is 12.8 Å². The van der Waals surface area contributed by atoms with Gasteiger partial charge < -0.3 is 4.90 Å². The highest BCUT2D eigenvalue weighted by atomic mass is 35.5. The van der Waals surface area contributed by atoms with Gasteiger partial charge in [0.15, 0.2) is 15.0 Å². The highest BCUT2D eigenvalue weighted by Crippen LogP contribution is 2.37. The van der Waals surface area contributed by atoms with Crippen molar-refractivity contribution >= 4 is 55.7 Å². The van der Waals surface area contributed by atoms with Crippen LogP contribution >= 0.6 is 35.0 Å². The molecule has 2 atom stereocenters. The van der Waals surface area contributed by atoms with Gasteiger partial charge in [0.2, 0.25) is 0 Å². The van der Waals surface area contributed by atoms with Crippen LogP contribution in [0.15, 0.2) is 47.5 Å². The van der Waals surface area contributed by atoms with Crippen LogP contribution in [-0.2, 0) is 15.6 Å². The lowest BCUT2D eigenvalue weighted by atomic mass is 10.1. The summed E-state index contributed by atoms with van der Waals surface area (Å²) in [6.07, 6.45) is 0. The SMILES string of the molecule is O=S1(=O)C[C@H]2N=C(SCc3ccc(Cl)cc3Cl)N(c3ccccc3F)[C@H]2C1. The number of anilines is 1. The van der Waals surface area contributed by atoms with Gasteiger partial charge in [0, 0.05) is 15.8 Å². The molecule has 0 spiro atoms. The number of thioether (sulfide) groups is 1. The molecule has 0 aromatic heterocycles. The predicted octanol–water partition coefficient (Wildman–Crippen LogP) is 4.41. The number of benzene rings is 2. The largest absolute Gasteiger partial charge is 0.312 e. The fourth-order valence-electron chi connectivity index (χ4n) is 3.34. The average Bonchev–Trinajstić information content (AvgIpc) is 3.06. The van der Waals surface area contributed by atoms with E-state index < -0.39 is 15.7 Å². The molecular weight excluding hydrogens is 430 g/mol. The van der Waals surface area contributed by atoms with Crippen LogP contribution in [0.5, 0.6) is 0 Å². The van der Waals surface area contributed by atoms with Gasteiger partial charge in [0.1, 0.15) is 5.82 Å². The minimum atomic E-state index is -3.18. The van der Waals surface area contributed by atoms with Crippen LogP contribution in [0, 0.1) is 5.82 Å². The molecule has 0 amide bonds. The van der Waals surface area contributed by atoms with Gasteiger partial charge in [-0.1, -0.05) is 53.2 Å². The predicted molar refractivity (Wildman–Crippen MR) is 110 cm³/mol. The molecule has 2 aromatic carbocycles. The van der Waals surface area contributed by atoms with Gasteiger partial charge >= 0.3 is 0 Å². The van der Waals surface area contributed by atoms with E-state index in [2.05, 4.69) is 4.99 Å². The molecule has 0 radical (unpaired) electrons. The zero-order chi connectivity index (χ0) is 19.2. The van der Waals surface area contributed by atoms with Gasteiger partial charge in [-0.15, -0.1) is 0 Å². The molecule has 1 fully saturated rings. The summed E-state index contributed by atoms with van der Waals surface area (Å²) in [7, 11) is -3.18. The first-order valence-electron chi connectivity index (χ1n) is 8.23. The molecule has 1 saturated heterocycles. The van der Waals surface area contributed by atoms with Crippen LogP contribution in [0.3, 0.4) is 0 Å². The number of hydrogen-bond donors (Lipinski definition) is 0. The summed E-state index contributed by atoms with van der Waals surface area (Å²) in [5, 5.41) is 1.71. The molecule has 2 aromatic rings. The highest BCUT2D eigenvalue weighted by Gasteiger charge is 2.47. The second-order valence-electron chi connectivity index (χ2n) is 6.47. The molecule has 0 saturated carbocycles. The number of fused-ring (bicyclic) bond motifs is 1. The minimum Gasteiger partial charge on any atom is -0.312 e. The molecular formula is C18H15Cl2FN2O2S2. The third-order valence-corrected chi connectivity index (χ3v) is 7.89. The summed E-state index contributed by atoms with van der Waals surface area (Å²) >= 11 is 13.6. The topological polar surface area (TPSA) is 49.7 Å². The summed E-state index contributed by atoms with van der Waals surface area (Å²) in [5.74, 6) is 0.0852. The minimum absolute atomic E-state index is 0.00558. The number of rotatable bonds is 3. The molecule has 27 heavy (non-hydrogen) atoms. The first kappa shape index (κ1) is 19.1. The van der Waals surface area contributed by atoms with Gasteiger partial charge in [0.05, 0.1) is 29.3 Å². The van der Waals surface area contributed by atoms with E-state index in [1.807, 2.05) is 6.07 Å². The van der Waals surface area contributed by atoms with E-state index in [9.17, 15) is 12.8 Å². The second-order valence-corrected chi connectivity index (χ2v) is 10.4. The van der Waals surface area contributed by atoms with E-state index in [-0.39, 0.29) is 23.6 Å². The van der Waals surface area contributed by atoms with Crippen molar-refractivity contribution in [3.05, 3.63) is 63.9 Å². The van der Waals surface area contributed by atoms with Crippen molar-refractivity contribution in [3.63, 3.8) is 0 Å². The van der Waals surface area contributed by atoms with Crippen LogP contribution in [-0.4, -0.2) is 37.2 Å². The smallest absolute Gasteiger partial charge is 0.164 e. The summed E-state index contributed by atoms with van der Waals surface area (Å²) in [4.78, 5) is 6.32. The average molecular weight is 445 g/mol. The van der Waals surface area contributed by atoms with Crippen LogP contribution in [0.4, 0.5) is 10.1 Å². The summed E-state index contributed by atoms with van der Waals surface area (Å²) in [6, 6.07) is 10.9. The molecule has 2 aliphatic heterocycles. The molecule has 2 heterocycles. The van der Waals surface area contributed by atoms with Crippen molar-refractivity contribution in [2.45, 2.75) is 17.8 Å². The lowest BCUT2D eigenvalue weighted by Gasteiger charge is -2.26. The lowest BCUT2D eigenvalue weighted by molar-refractivity contribution is 0.600. The molecule has 0 unspecified atom stereocenters. The van der Waals surface area contributed by atoms with E-state index in [0.29, 0.717) is 26.7 Å². The monoisotopic (exact) mass is 444 g/mol. The zero-order valence-electron chi connectivity index (χ0n) is 14.0. The fraction of sp³-hybridized carbons (Fsp3) is 0.278. The van der Waals surface area contributed by atoms with E-state index in [1.165, 1.54) is 17.8 Å². The standard InChI is InChI=1S/C18H15Cl2FN2O2S2/c19-12-6-5-11(13(20)7-12)8-26-18-22-15-9-27(24,25)10-17(15)23(18)16-4-2-1-3-14(16)21/h1-7,15,17H,8-10H2/t15-,17+/m1/s1. The third-order valence-electron chi connectivity index (χ3n) is 4.59. The van der Waals surface area contributed by atoms with Gasteiger partial charge in [0.25, 0.3) is 0 Å². The zero-order valence-corrected chi connectivity index (χ0v) is 17.1. The molecule has 0 bridgehead atoms. The Balaban J connectivity index is 1.64. The van der Waals surface area contributed by atoms with E-state index in [4.69, 9.17) is 23.2 Å². The Morgan fingerprint density at radius 1 is 1.19 bits per heavy atom. The van der Waals surface area contributed by atoms with Crippen LogP contribution in [0.25, 0.3) is 0 Å². The Hall–Kier alpha value is -1.28. The molecule has 2 aliphatic rings. The maximum Gasteiger partial charge on any atom is 0.164 e. The molecule has 9 heteroatoms. The number of para-hydroxylation sites is 1. The van der Waals surface area contributed by atoms with E-state index in [1.54, 1.807) is 35.2 Å². The quantitative estimate of drug-likeness (QED) is 0.703. The summed E-state index contributed by atoms with van der Waals surface area (Å²) in [6.45, 7) is 0. The normalized spacial score (nSPS) is 23.4. The van der Waals surface area contributed by atoms with Crippen molar-refractivity contribution in [2.75, 3.05) is 16.4 Å². The number of aliphatic imine (C=N–C) groups is 1. The second kappa shape index (κ2) is 7.28. The van der Waals surface area contributed by atoms with Gasteiger partial charge in [-0.05, 0) is 29.8 Å². The third kappa shape index (κ3) is 3.83. The first-order valence-corrected chi connectivity index (χ1v) is 11.8. The Morgan fingerprint density at radius 2 is 1.96 bits per heavy atom. The maximum absolute atomic E-state index is 14.4. The van der Waals surface area contributed by atoms with Gasteiger partial charge in [-0.2, -0.15) is 0 Å². The number of amidine groups is 1. The molecule has 0 aliphatic carbocycles. The number of sulfone groups is 1.